The molecular formula is C23H28F3LiN3O4. The number of aliphatic carboxylic acids is 1. The molecule has 3 rings (SSSR count). The van der Waals surface area contributed by atoms with E-state index >= 15 is 0 Å². The second-order valence-electron chi connectivity index (χ2n) is 9.43. The number of amides is 1. The summed E-state index contributed by atoms with van der Waals surface area (Å²) in [5.74, 6) is -1.12. The number of anilines is 1. The average Bonchev–Trinajstić information content (AvgIpc) is 2.68. The average molecular weight is 474 g/mol. The molecule has 2 atom stereocenters. The Labute approximate surface area is 208 Å². The van der Waals surface area contributed by atoms with Gasteiger partial charge in [0.2, 0.25) is 0 Å². The molecular weight excluding hydrogens is 446 g/mol. The number of alkyl halides is 3. The van der Waals surface area contributed by atoms with Gasteiger partial charge in [-0.1, -0.05) is 6.92 Å². The number of ether oxygens (including phenoxy) is 1. The monoisotopic (exact) mass is 474 g/mol. The van der Waals surface area contributed by atoms with Crippen LogP contribution in [0, 0.1) is 5.92 Å². The molecule has 0 saturated carbocycles. The van der Waals surface area contributed by atoms with Gasteiger partial charge in [0.1, 0.15) is 12.1 Å². The van der Waals surface area contributed by atoms with E-state index in [4.69, 9.17) is 4.74 Å². The number of pyridine rings is 1. The van der Waals surface area contributed by atoms with Crippen molar-refractivity contribution in [2.24, 2.45) is 5.92 Å². The van der Waals surface area contributed by atoms with Crippen LogP contribution in [0.1, 0.15) is 39.7 Å². The fourth-order valence-corrected chi connectivity index (χ4v) is 4.21. The molecule has 1 aromatic heterocycles. The predicted octanol–water partition coefficient (Wildman–Crippen LogP) is 4.41. The van der Waals surface area contributed by atoms with Gasteiger partial charge in [0.15, 0.2) is 0 Å². The van der Waals surface area contributed by atoms with Crippen molar-refractivity contribution in [3.63, 3.8) is 0 Å². The molecule has 1 aliphatic rings. The number of fused-ring (bicyclic) bond motifs is 1. The van der Waals surface area contributed by atoms with Crippen molar-refractivity contribution in [1.82, 2.24) is 9.88 Å². The first-order chi connectivity index (χ1) is 15.3. The summed E-state index contributed by atoms with van der Waals surface area (Å²) in [5, 5.41) is 9.73. The van der Waals surface area contributed by atoms with Crippen molar-refractivity contribution in [3.05, 3.63) is 36.0 Å². The summed E-state index contributed by atoms with van der Waals surface area (Å²) >= 11 is 0. The molecule has 1 aromatic carbocycles. The third-order valence-electron chi connectivity index (χ3n) is 5.40. The Hall–Kier alpha value is -2.44. The van der Waals surface area contributed by atoms with Crippen LogP contribution in [0.2, 0.25) is 0 Å². The maximum absolute atomic E-state index is 13.5. The molecule has 0 bridgehead atoms. The number of hydrogen-bond donors (Lipinski definition) is 1. The van der Waals surface area contributed by atoms with Gasteiger partial charge in [0.25, 0.3) is 0 Å². The molecule has 1 amide bonds. The van der Waals surface area contributed by atoms with Crippen molar-refractivity contribution in [1.29, 1.82) is 0 Å². The van der Waals surface area contributed by atoms with E-state index < -0.39 is 42.0 Å². The number of carbonyl (C=O) groups is 2. The van der Waals surface area contributed by atoms with Crippen LogP contribution >= 0.6 is 0 Å². The summed E-state index contributed by atoms with van der Waals surface area (Å²) in [7, 11) is 0. The van der Waals surface area contributed by atoms with Crippen LogP contribution < -0.4 is 4.90 Å². The van der Waals surface area contributed by atoms with Crippen LogP contribution in [0.15, 0.2) is 30.5 Å². The standard InChI is InChI=1S/C23H28F3N3O4.Li/c1-14-10-15(29(13-19(30)31)21(32)33-22(2,3)4)12-28(11-14)18-8-7-17(23(24,25)26)20-16(18)6-5-9-27-20;/h5-9,14-15H,10-13H2,1-4H3,(H,30,31);/t14-,15+;/m0./s1. The van der Waals surface area contributed by atoms with E-state index in [1.54, 1.807) is 32.9 Å². The van der Waals surface area contributed by atoms with E-state index in [2.05, 4.69) is 4.98 Å². The number of carboxylic acid groups (broad SMARTS) is 1. The van der Waals surface area contributed by atoms with Crippen LogP contribution in [0.25, 0.3) is 10.9 Å². The first-order valence-corrected chi connectivity index (χ1v) is 10.7. The topological polar surface area (TPSA) is 83.0 Å². The molecule has 1 N–H and O–H groups in total. The Morgan fingerprint density at radius 1 is 1.21 bits per heavy atom. The molecule has 1 aliphatic heterocycles. The molecule has 2 aromatic rings. The maximum Gasteiger partial charge on any atom is 0.418 e. The van der Waals surface area contributed by atoms with Crippen molar-refractivity contribution >= 4 is 47.5 Å². The Morgan fingerprint density at radius 2 is 1.88 bits per heavy atom. The number of aromatic nitrogens is 1. The minimum absolute atomic E-state index is 0. The zero-order valence-corrected chi connectivity index (χ0v) is 20.0. The molecule has 1 fully saturated rings. The summed E-state index contributed by atoms with van der Waals surface area (Å²) in [4.78, 5) is 31.3. The molecule has 11 heteroatoms. The third-order valence-corrected chi connectivity index (χ3v) is 5.40. The van der Waals surface area contributed by atoms with Crippen LogP contribution in [0.5, 0.6) is 0 Å². The molecule has 0 spiro atoms. The van der Waals surface area contributed by atoms with Crippen LogP contribution in [-0.4, -0.2) is 77.2 Å². The number of rotatable bonds is 4. The zero-order chi connectivity index (χ0) is 24.6. The summed E-state index contributed by atoms with van der Waals surface area (Å²) in [6.07, 6.45) is -3.42. The van der Waals surface area contributed by atoms with Crippen LogP contribution in [-0.2, 0) is 15.7 Å². The smallest absolute Gasteiger partial charge is 0.418 e. The summed E-state index contributed by atoms with van der Waals surface area (Å²) in [6.45, 7) is 7.31. The van der Waals surface area contributed by atoms with Crippen molar-refractivity contribution in [2.45, 2.75) is 51.9 Å². The van der Waals surface area contributed by atoms with E-state index in [9.17, 15) is 27.9 Å². The van der Waals surface area contributed by atoms with Crippen molar-refractivity contribution in [2.75, 3.05) is 24.5 Å². The van der Waals surface area contributed by atoms with Gasteiger partial charge in [-0.2, -0.15) is 13.2 Å². The maximum atomic E-state index is 13.5. The SMILES string of the molecule is C[C@H]1C[C@@H](N(CC(=O)O)C(=O)OC(C)(C)C)CN(c2ccc(C(F)(F)F)c3ncccc23)C1.[Li]. The fourth-order valence-electron chi connectivity index (χ4n) is 4.21. The minimum Gasteiger partial charge on any atom is -0.480 e. The third kappa shape index (κ3) is 6.57. The Kier molecular flexibility index (Phi) is 8.54. The second-order valence-corrected chi connectivity index (χ2v) is 9.43. The van der Waals surface area contributed by atoms with Gasteiger partial charge < -0.3 is 14.7 Å². The van der Waals surface area contributed by atoms with Gasteiger partial charge >= 0.3 is 18.2 Å². The van der Waals surface area contributed by atoms with Gasteiger partial charge in [0.05, 0.1) is 17.1 Å². The molecule has 181 valence electrons. The van der Waals surface area contributed by atoms with Crippen LogP contribution in [0.3, 0.4) is 0 Å². The first-order valence-electron chi connectivity index (χ1n) is 10.7. The Morgan fingerprint density at radius 3 is 2.47 bits per heavy atom. The number of hydrogen-bond acceptors (Lipinski definition) is 5. The molecule has 1 radical (unpaired) electrons. The van der Waals surface area contributed by atoms with E-state index in [-0.39, 0.29) is 36.8 Å². The number of carboxylic acids is 1. The molecule has 7 nitrogen and oxygen atoms in total. The molecule has 0 unspecified atom stereocenters. The molecule has 0 aliphatic carbocycles. The van der Waals surface area contributed by atoms with Gasteiger partial charge in [-0.3, -0.25) is 14.7 Å². The largest absolute Gasteiger partial charge is 0.480 e. The number of piperidine rings is 1. The fraction of sp³-hybridized carbons (Fsp3) is 0.522. The number of carbonyl (C=O) groups excluding carboxylic acids is 1. The molecule has 1 saturated heterocycles. The second kappa shape index (κ2) is 10.4. The number of nitrogens with zero attached hydrogens (tertiary/aromatic N) is 3. The number of benzene rings is 1. The normalized spacial score (nSPS) is 18.9. The van der Waals surface area contributed by atoms with Crippen molar-refractivity contribution in [3.8, 4) is 0 Å². The number of halogens is 3. The molecule has 2 heterocycles. The van der Waals surface area contributed by atoms with Gasteiger partial charge in [-0.05, 0) is 57.4 Å². The first kappa shape index (κ1) is 27.8. The van der Waals surface area contributed by atoms with E-state index in [0.717, 1.165) is 6.07 Å². The van der Waals surface area contributed by atoms with Gasteiger partial charge in [-0.15, -0.1) is 0 Å². The Balaban J connectivity index is 0.00000408. The summed E-state index contributed by atoms with van der Waals surface area (Å²) in [5.41, 5.74) is -1.21. The van der Waals surface area contributed by atoms with Gasteiger partial charge in [0, 0.05) is 49.2 Å². The van der Waals surface area contributed by atoms with Crippen molar-refractivity contribution < 1.29 is 32.6 Å². The zero-order valence-electron chi connectivity index (χ0n) is 20.0. The minimum atomic E-state index is -4.54. The van der Waals surface area contributed by atoms with Gasteiger partial charge in [-0.25, -0.2) is 4.79 Å². The Bertz CT molecular complexity index is 1040. The van der Waals surface area contributed by atoms with E-state index in [0.29, 0.717) is 24.0 Å². The quantitative estimate of drug-likeness (QED) is 0.662. The molecule has 34 heavy (non-hydrogen) atoms. The van der Waals surface area contributed by atoms with E-state index in [1.807, 2.05) is 11.8 Å². The summed E-state index contributed by atoms with van der Waals surface area (Å²) in [6, 6.07) is 5.10. The predicted molar refractivity (Wildman–Crippen MR) is 123 cm³/mol. The summed E-state index contributed by atoms with van der Waals surface area (Å²) < 4.78 is 45.9. The van der Waals surface area contributed by atoms with E-state index in [1.165, 1.54) is 17.2 Å². The van der Waals surface area contributed by atoms with Crippen LogP contribution in [0.4, 0.5) is 23.7 Å².